The third-order valence-corrected chi connectivity index (χ3v) is 4.75. The minimum atomic E-state index is -0.506. The van der Waals surface area contributed by atoms with Crippen molar-refractivity contribution in [3.63, 3.8) is 0 Å². The number of hydrogen-bond donors (Lipinski definition) is 1. The maximum atomic E-state index is 12.7. The van der Waals surface area contributed by atoms with Crippen LogP contribution >= 0.6 is 11.6 Å². The van der Waals surface area contributed by atoms with Crippen molar-refractivity contribution >= 4 is 34.2 Å². The summed E-state index contributed by atoms with van der Waals surface area (Å²) in [5, 5.41) is 8.31. The number of anilines is 1. The zero-order chi connectivity index (χ0) is 19.7. The number of halogens is 2. The van der Waals surface area contributed by atoms with Crippen LogP contribution in [0, 0.1) is 6.92 Å². The summed E-state index contributed by atoms with van der Waals surface area (Å²) >= 11 is 6.33. The molecule has 3 heterocycles. The minimum absolute atomic E-state index is 0.335. The lowest BCUT2D eigenvalue weighted by Crippen LogP contribution is -2.13. The first-order chi connectivity index (χ1) is 13.6. The molecule has 142 valence electrons. The zero-order valence-electron chi connectivity index (χ0n) is 14.9. The van der Waals surface area contributed by atoms with Gasteiger partial charge in [-0.15, -0.1) is 0 Å². The molecule has 0 spiro atoms. The van der Waals surface area contributed by atoms with Gasteiger partial charge in [-0.3, -0.25) is 14.5 Å². The van der Waals surface area contributed by atoms with Gasteiger partial charge in [0.1, 0.15) is 12.4 Å². The lowest BCUT2D eigenvalue weighted by atomic mass is 10.1. The molecular weight excluding hydrogens is 383 g/mol. The van der Waals surface area contributed by atoms with Crippen molar-refractivity contribution in [2.75, 3.05) is 5.32 Å². The van der Waals surface area contributed by atoms with Gasteiger partial charge in [-0.1, -0.05) is 35.9 Å². The maximum absolute atomic E-state index is 12.7. The molecule has 0 radical (unpaired) electrons. The van der Waals surface area contributed by atoms with Gasteiger partial charge in [0.2, 0.25) is 0 Å². The van der Waals surface area contributed by atoms with E-state index in [1.807, 2.05) is 12.1 Å². The third-order valence-electron chi connectivity index (χ3n) is 4.46. The first kappa shape index (κ1) is 18.2. The average Bonchev–Trinajstić information content (AvgIpc) is 3.27. The molecule has 0 unspecified atom stereocenters. The van der Waals surface area contributed by atoms with Gasteiger partial charge in [-0.05, 0) is 24.1 Å². The lowest BCUT2D eigenvalue weighted by Gasteiger charge is -2.04. The Morgan fingerprint density at radius 2 is 1.96 bits per heavy atom. The fourth-order valence-electron chi connectivity index (χ4n) is 2.99. The predicted octanol–water partition coefficient (Wildman–Crippen LogP) is 4.76. The summed E-state index contributed by atoms with van der Waals surface area (Å²) in [6.07, 6.45) is 4.60. The lowest BCUT2D eigenvalue weighted by molar-refractivity contribution is 0.102. The molecule has 0 fully saturated rings. The number of aryl methyl sites for hydroxylation is 1. The van der Waals surface area contributed by atoms with Crippen LogP contribution in [0.5, 0.6) is 0 Å². The molecule has 8 heteroatoms. The first-order valence-electron chi connectivity index (χ1n) is 8.56. The Bertz CT molecular complexity index is 1150. The van der Waals surface area contributed by atoms with Crippen LogP contribution in [0.2, 0.25) is 5.02 Å². The molecule has 0 aliphatic rings. The molecule has 0 bridgehead atoms. The summed E-state index contributed by atoms with van der Waals surface area (Å²) in [5.74, 6) is 0.522. The number of pyridine rings is 1. The van der Waals surface area contributed by atoms with Crippen LogP contribution in [0.3, 0.4) is 0 Å². The van der Waals surface area contributed by atoms with E-state index in [0.29, 0.717) is 45.2 Å². The Hall–Kier alpha value is -3.19. The molecule has 0 saturated carbocycles. The van der Waals surface area contributed by atoms with E-state index in [-0.39, 0.29) is 5.91 Å². The van der Waals surface area contributed by atoms with Crippen molar-refractivity contribution in [2.24, 2.45) is 0 Å². The molecule has 4 aromatic rings. The summed E-state index contributed by atoms with van der Waals surface area (Å²) in [5.41, 5.74) is 2.66. The number of nitrogens with zero attached hydrogens (tertiary/aromatic N) is 3. The second-order valence-corrected chi connectivity index (χ2v) is 6.72. The summed E-state index contributed by atoms with van der Waals surface area (Å²) in [6, 6.07) is 8.74. The number of carbonyl (C=O) groups is 1. The van der Waals surface area contributed by atoms with E-state index in [9.17, 15) is 9.18 Å². The van der Waals surface area contributed by atoms with Crippen LogP contribution in [-0.4, -0.2) is 20.7 Å². The predicted molar refractivity (Wildman–Crippen MR) is 104 cm³/mol. The van der Waals surface area contributed by atoms with Crippen molar-refractivity contribution in [3.05, 3.63) is 76.5 Å². The van der Waals surface area contributed by atoms with Gasteiger partial charge in [0.15, 0.2) is 5.82 Å². The zero-order valence-corrected chi connectivity index (χ0v) is 15.7. The number of furan rings is 1. The number of nitrogens with one attached hydrogen (secondary N) is 1. The van der Waals surface area contributed by atoms with E-state index in [2.05, 4.69) is 15.4 Å². The van der Waals surface area contributed by atoms with Crippen molar-refractivity contribution in [3.8, 4) is 0 Å². The van der Waals surface area contributed by atoms with Crippen LogP contribution in [-0.2, 0) is 13.2 Å². The molecule has 3 aromatic heterocycles. The number of carbonyl (C=O) groups excluding carboxylic acids is 1. The SMILES string of the molecule is Cc1occc1C(=O)Nc1nn(Cc2ccc(CF)cc2)c2cncc(Cl)c12. The fourth-order valence-corrected chi connectivity index (χ4v) is 3.23. The second-order valence-electron chi connectivity index (χ2n) is 6.32. The van der Waals surface area contributed by atoms with E-state index < -0.39 is 6.67 Å². The molecule has 0 aliphatic heterocycles. The van der Waals surface area contributed by atoms with E-state index in [4.69, 9.17) is 16.0 Å². The third kappa shape index (κ3) is 3.36. The summed E-state index contributed by atoms with van der Waals surface area (Å²) in [7, 11) is 0. The highest BCUT2D eigenvalue weighted by Crippen LogP contribution is 2.30. The normalized spacial score (nSPS) is 11.1. The Kier molecular flexibility index (Phi) is 4.83. The van der Waals surface area contributed by atoms with E-state index >= 15 is 0 Å². The van der Waals surface area contributed by atoms with E-state index in [1.165, 1.54) is 12.5 Å². The highest BCUT2D eigenvalue weighted by atomic mass is 35.5. The van der Waals surface area contributed by atoms with Crippen LogP contribution < -0.4 is 5.32 Å². The molecule has 0 saturated heterocycles. The van der Waals surface area contributed by atoms with Gasteiger partial charge in [0.05, 0.1) is 40.5 Å². The number of aromatic nitrogens is 3. The molecule has 6 nitrogen and oxygen atoms in total. The Morgan fingerprint density at radius 1 is 1.21 bits per heavy atom. The smallest absolute Gasteiger partial charge is 0.260 e. The van der Waals surface area contributed by atoms with Crippen LogP contribution in [0.4, 0.5) is 10.2 Å². The van der Waals surface area contributed by atoms with E-state index in [0.717, 1.165) is 5.56 Å². The highest BCUT2D eigenvalue weighted by molar-refractivity contribution is 6.36. The van der Waals surface area contributed by atoms with Crippen molar-refractivity contribution in [2.45, 2.75) is 20.1 Å². The Morgan fingerprint density at radius 3 is 2.64 bits per heavy atom. The molecule has 28 heavy (non-hydrogen) atoms. The average molecular weight is 399 g/mol. The highest BCUT2D eigenvalue weighted by Gasteiger charge is 2.19. The second kappa shape index (κ2) is 7.44. The number of amides is 1. The molecule has 0 aliphatic carbocycles. The Labute approximate surface area is 164 Å². The largest absolute Gasteiger partial charge is 0.469 e. The minimum Gasteiger partial charge on any atom is -0.469 e. The molecule has 1 N–H and O–H groups in total. The molecule has 4 rings (SSSR count). The molecule has 0 atom stereocenters. The van der Waals surface area contributed by atoms with Crippen LogP contribution in [0.1, 0.15) is 27.2 Å². The quantitative estimate of drug-likeness (QED) is 0.526. The number of fused-ring (bicyclic) bond motifs is 1. The Balaban J connectivity index is 1.71. The first-order valence-corrected chi connectivity index (χ1v) is 8.94. The summed E-state index contributed by atoms with van der Waals surface area (Å²) in [6.45, 7) is 1.63. The number of alkyl halides is 1. The summed E-state index contributed by atoms with van der Waals surface area (Å²) < 4.78 is 19.6. The van der Waals surface area contributed by atoms with Gasteiger partial charge < -0.3 is 9.73 Å². The number of rotatable bonds is 5. The van der Waals surface area contributed by atoms with Gasteiger partial charge >= 0.3 is 0 Å². The molecule has 1 aromatic carbocycles. The molecular formula is C20H16ClFN4O2. The van der Waals surface area contributed by atoms with Gasteiger partial charge in [-0.2, -0.15) is 5.10 Å². The van der Waals surface area contributed by atoms with E-state index in [1.54, 1.807) is 36.0 Å². The molecule has 1 amide bonds. The van der Waals surface area contributed by atoms with Crippen molar-refractivity contribution in [1.29, 1.82) is 0 Å². The van der Waals surface area contributed by atoms with Gasteiger partial charge in [0.25, 0.3) is 5.91 Å². The standard InChI is InChI=1S/C20H16ClFN4O2/c1-12-15(6-7-28-12)20(27)24-19-18-16(21)9-23-10-17(18)26(25-19)11-14-4-2-13(8-22)3-5-14/h2-7,9-10H,8,11H2,1H3,(H,24,25,27). The summed E-state index contributed by atoms with van der Waals surface area (Å²) in [4.78, 5) is 16.7. The fraction of sp³-hybridized carbons (Fsp3) is 0.150. The van der Waals surface area contributed by atoms with Crippen LogP contribution in [0.25, 0.3) is 10.9 Å². The van der Waals surface area contributed by atoms with Crippen molar-refractivity contribution < 1.29 is 13.6 Å². The van der Waals surface area contributed by atoms with Gasteiger partial charge in [0, 0.05) is 6.20 Å². The maximum Gasteiger partial charge on any atom is 0.260 e. The van der Waals surface area contributed by atoms with Crippen LogP contribution in [0.15, 0.2) is 53.4 Å². The van der Waals surface area contributed by atoms with Crippen molar-refractivity contribution in [1.82, 2.24) is 14.8 Å². The van der Waals surface area contributed by atoms with Gasteiger partial charge in [-0.25, -0.2) is 4.39 Å². The number of hydrogen-bond acceptors (Lipinski definition) is 4. The topological polar surface area (TPSA) is 73.0 Å². The monoisotopic (exact) mass is 398 g/mol. The number of benzene rings is 1.